The third kappa shape index (κ3) is 3.31. The van der Waals surface area contributed by atoms with E-state index in [1.807, 2.05) is 36.4 Å². The molecule has 1 aliphatic heterocycles. The third-order valence-electron chi connectivity index (χ3n) is 3.68. The summed E-state index contributed by atoms with van der Waals surface area (Å²) >= 11 is 1.04. The second-order valence-electron chi connectivity index (χ2n) is 5.48. The zero-order chi connectivity index (χ0) is 16.4. The molecule has 4 heterocycles. The molecule has 3 aromatic heterocycles. The Morgan fingerprint density at radius 3 is 2.17 bits per heavy atom. The summed E-state index contributed by atoms with van der Waals surface area (Å²) in [6.07, 6.45) is 6.93. The first-order valence-electron chi connectivity index (χ1n) is 7.63. The number of H-pyrrole nitrogens is 2. The molecule has 0 fully saturated rings. The maximum absolute atomic E-state index is 4.54. The number of fused-ring (bicyclic) bond motifs is 6. The van der Waals surface area contributed by atoms with Gasteiger partial charge >= 0.3 is 148 Å². The van der Waals surface area contributed by atoms with Crippen molar-refractivity contribution in [2.45, 2.75) is 0 Å². The topological polar surface area (TPSA) is 57.4 Å². The van der Waals surface area contributed by atoms with Gasteiger partial charge in [-0.25, -0.2) is 0 Å². The number of rotatable bonds is 1. The van der Waals surface area contributed by atoms with E-state index in [4.69, 9.17) is 0 Å². The van der Waals surface area contributed by atoms with Gasteiger partial charge in [0, 0.05) is 0 Å². The van der Waals surface area contributed by atoms with Crippen molar-refractivity contribution in [2.24, 2.45) is 0 Å². The van der Waals surface area contributed by atoms with Crippen LogP contribution in [0.2, 0.25) is 0 Å². The van der Waals surface area contributed by atoms with E-state index in [9.17, 15) is 0 Å². The van der Waals surface area contributed by atoms with Gasteiger partial charge in [-0.15, -0.1) is 0 Å². The minimum atomic E-state index is 0.851. The van der Waals surface area contributed by atoms with Crippen LogP contribution in [0.3, 0.4) is 0 Å². The fourth-order valence-corrected chi connectivity index (χ4v) is 2.99. The van der Waals surface area contributed by atoms with Crippen LogP contribution < -0.4 is 0 Å². The van der Waals surface area contributed by atoms with Crippen LogP contribution >= 0.6 is 0 Å². The Bertz CT molecular complexity index is 1080. The second kappa shape index (κ2) is 6.46. The van der Waals surface area contributed by atoms with E-state index in [0.29, 0.717) is 0 Å². The van der Waals surface area contributed by atoms with Gasteiger partial charge in [-0.1, -0.05) is 0 Å². The zero-order valence-corrected chi connectivity index (χ0v) is 15.9. The normalized spacial score (nSPS) is 11.4. The van der Waals surface area contributed by atoms with Crippen molar-refractivity contribution < 1.29 is 17.9 Å². The first kappa shape index (κ1) is 14.9. The van der Waals surface area contributed by atoms with Crippen LogP contribution in [0.15, 0.2) is 48.5 Å². The second-order valence-corrected chi connectivity index (χ2v) is 6.34. The van der Waals surface area contributed by atoms with Gasteiger partial charge in [0.25, 0.3) is 0 Å². The summed E-state index contributed by atoms with van der Waals surface area (Å²) in [4.78, 5) is 15.7. The van der Waals surface area contributed by atoms with Crippen molar-refractivity contribution in [3.8, 4) is 0 Å². The zero-order valence-electron chi connectivity index (χ0n) is 13.0. The molecule has 5 heteroatoms. The van der Waals surface area contributed by atoms with Gasteiger partial charge < -0.3 is 0 Å². The molecule has 0 aliphatic carbocycles. The van der Waals surface area contributed by atoms with Crippen molar-refractivity contribution in [3.63, 3.8) is 0 Å². The van der Waals surface area contributed by atoms with E-state index in [1.165, 1.54) is 0 Å². The van der Waals surface area contributed by atoms with Gasteiger partial charge in [0.1, 0.15) is 0 Å². The number of hydrogen-bond acceptors (Lipinski definition) is 2. The monoisotopic (exact) mass is 361 g/mol. The molecule has 0 amide bonds. The Morgan fingerprint density at radius 1 is 0.833 bits per heavy atom. The van der Waals surface area contributed by atoms with Gasteiger partial charge in [0.15, 0.2) is 0 Å². The molecule has 2 N–H and O–H groups in total. The number of aromatic nitrogens is 4. The summed E-state index contributed by atoms with van der Waals surface area (Å²) < 4.78 is 2.07. The summed E-state index contributed by atoms with van der Waals surface area (Å²) in [5, 5.41) is 0. The fourth-order valence-electron chi connectivity index (χ4n) is 2.55. The number of nitrogens with one attached hydrogen (secondary N) is 2. The molecular formula is C19H13N4Zn-. The van der Waals surface area contributed by atoms with Crippen molar-refractivity contribution in [2.75, 3.05) is 0 Å². The summed E-state index contributed by atoms with van der Waals surface area (Å²) in [6.45, 7) is 0. The molecule has 0 atom stereocenters. The first-order chi connectivity index (χ1) is 11.8. The third-order valence-corrected chi connectivity index (χ3v) is 4.56. The van der Waals surface area contributed by atoms with Crippen LogP contribution in [-0.4, -0.2) is 24.5 Å². The van der Waals surface area contributed by atoms with E-state index in [2.05, 4.69) is 48.9 Å². The number of nitrogens with zero attached hydrogens (tertiary/aromatic N) is 2. The summed E-state index contributed by atoms with van der Waals surface area (Å²) in [5.74, 6) is 0. The molecule has 0 spiro atoms. The molecule has 0 aromatic carbocycles. The van der Waals surface area contributed by atoms with Gasteiger partial charge in [-0.2, -0.15) is 0 Å². The Morgan fingerprint density at radius 2 is 1.46 bits per heavy atom. The molecule has 24 heavy (non-hydrogen) atoms. The van der Waals surface area contributed by atoms with Crippen LogP contribution in [0.1, 0.15) is 17.1 Å². The predicted octanol–water partition coefficient (Wildman–Crippen LogP) is 3.67. The SMILES string of the molecule is [Zn]=[CH]c1cc2ccc(cc3ccc(cc4nc(c[c-]n1)C=C4)[nH]3)[nH]2. The summed E-state index contributed by atoms with van der Waals surface area (Å²) in [7, 11) is 0. The Labute approximate surface area is 148 Å². The average molecular weight is 363 g/mol. The van der Waals surface area contributed by atoms with Crippen LogP contribution in [0.25, 0.3) is 34.2 Å². The van der Waals surface area contributed by atoms with E-state index >= 15 is 0 Å². The van der Waals surface area contributed by atoms with Gasteiger partial charge in [0.2, 0.25) is 0 Å². The van der Waals surface area contributed by atoms with Crippen molar-refractivity contribution >= 4 is 38.8 Å². The summed E-state index contributed by atoms with van der Waals surface area (Å²) in [5.41, 5.74) is 6.79. The first-order valence-corrected chi connectivity index (χ1v) is 9.35. The van der Waals surface area contributed by atoms with Gasteiger partial charge in [0.05, 0.1) is 0 Å². The molecule has 4 rings (SSSR count). The van der Waals surface area contributed by atoms with E-state index in [0.717, 1.165) is 57.0 Å². The number of aromatic amines is 2. The molecule has 0 radical (unpaired) electrons. The van der Waals surface area contributed by atoms with Crippen LogP contribution in [0.5, 0.6) is 0 Å². The maximum atomic E-state index is 4.54. The van der Waals surface area contributed by atoms with Crippen molar-refractivity contribution in [3.05, 3.63) is 71.8 Å². The average Bonchev–Trinajstić information content (AvgIpc) is 3.29. The Hall–Kier alpha value is -2.65. The van der Waals surface area contributed by atoms with Crippen molar-refractivity contribution in [1.82, 2.24) is 19.9 Å². The number of hydrogen-bond donors (Lipinski definition) is 2. The Kier molecular flexibility index (Phi) is 4.01. The summed E-state index contributed by atoms with van der Waals surface area (Å²) in [6, 6.07) is 16.1. The molecule has 4 nitrogen and oxygen atoms in total. The standard InChI is InChI=1S/C19H13N4.Zn/c1-13-10-15-4-5-17(22-15)12-19-7-6-18(23-19)11-16-3-2-14(21-16)8-9-20-13;/h1-8,10-12,22-23H;/q-1;. The molecule has 0 saturated carbocycles. The molecule has 3 aromatic rings. The van der Waals surface area contributed by atoms with Crippen molar-refractivity contribution in [1.29, 1.82) is 0 Å². The Balaban J connectivity index is 2.03. The van der Waals surface area contributed by atoms with Crippen LogP contribution in [0, 0.1) is 6.20 Å². The quantitative estimate of drug-likeness (QED) is 0.401. The van der Waals surface area contributed by atoms with E-state index in [-0.39, 0.29) is 0 Å². The van der Waals surface area contributed by atoms with Crippen LogP contribution in [0.4, 0.5) is 0 Å². The van der Waals surface area contributed by atoms with Crippen LogP contribution in [-0.2, 0) is 17.9 Å². The molecule has 6 bridgehead atoms. The van der Waals surface area contributed by atoms with E-state index in [1.54, 1.807) is 6.07 Å². The molecule has 1 aliphatic rings. The molecule has 0 unspecified atom stereocenters. The van der Waals surface area contributed by atoms with Gasteiger partial charge in [-0.3, -0.25) is 0 Å². The predicted molar refractivity (Wildman–Crippen MR) is 93.9 cm³/mol. The molecule has 0 saturated heterocycles. The minimum absolute atomic E-state index is 0.851. The molecular weight excluding hydrogens is 350 g/mol. The van der Waals surface area contributed by atoms with E-state index < -0.39 is 0 Å². The molecule has 112 valence electrons. The van der Waals surface area contributed by atoms with Gasteiger partial charge in [-0.05, 0) is 0 Å². The fraction of sp³-hybridized carbons (Fsp3) is 0.